The van der Waals surface area contributed by atoms with Gasteiger partial charge in [-0.1, -0.05) is 0 Å². The fourth-order valence-corrected chi connectivity index (χ4v) is 2.73. The van der Waals surface area contributed by atoms with Crippen molar-refractivity contribution in [3.05, 3.63) is 24.3 Å². The molecule has 0 spiro atoms. The van der Waals surface area contributed by atoms with Gasteiger partial charge in [0.15, 0.2) is 6.61 Å². The highest BCUT2D eigenvalue weighted by Gasteiger charge is 2.15. The Bertz CT molecular complexity index is 732. The van der Waals surface area contributed by atoms with Gasteiger partial charge in [-0.2, -0.15) is 0 Å². The molecule has 0 radical (unpaired) electrons. The topological polar surface area (TPSA) is 140 Å². The van der Waals surface area contributed by atoms with Gasteiger partial charge in [-0.25, -0.2) is 17.9 Å². The first-order valence-corrected chi connectivity index (χ1v) is 9.16. The van der Waals surface area contributed by atoms with E-state index >= 15 is 0 Å². The third kappa shape index (κ3) is 7.49. The molecule has 0 heterocycles. The SMILES string of the molecule is CCOc1ccc(S(=O)(=O)NCCC(=O)OCC(=O)NC(=O)NC)cc1. The number of hydrogen-bond donors (Lipinski definition) is 3. The van der Waals surface area contributed by atoms with Gasteiger partial charge in [0.1, 0.15) is 5.75 Å². The average molecular weight is 387 g/mol. The molecule has 10 nitrogen and oxygen atoms in total. The number of sulfonamides is 1. The maximum absolute atomic E-state index is 12.1. The van der Waals surface area contributed by atoms with Crippen molar-refractivity contribution in [3.63, 3.8) is 0 Å². The van der Waals surface area contributed by atoms with Crippen LogP contribution in [0, 0.1) is 0 Å². The van der Waals surface area contributed by atoms with Crippen molar-refractivity contribution < 1.29 is 32.3 Å². The van der Waals surface area contributed by atoms with E-state index in [4.69, 9.17) is 4.74 Å². The lowest BCUT2D eigenvalue weighted by Crippen LogP contribution is -2.39. The van der Waals surface area contributed by atoms with E-state index in [2.05, 4.69) is 14.8 Å². The van der Waals surface area contributed by atoms with Crippen molar-refractivity contribution in [1.82, 2.24) is 15.4 Å². The zero-order chi connectivity index (χ0) is 19.6. The van der Waals surface area contributed by atoms with Crippen LogP contribution < -0.4 is 20.1 Å². The van der Waals surface area contributed by atoms with Gasteiger partial charge in [0, 0.05) is 13.6 Å². The molecule has 0 saturated carbocycles. The zero-order valence-corrected chi connectivity index (χ0v) is 15.2. The molecule has 26 heavy (non-hydrogen) atoms. The normalized spacial score (nSPS) is 10.7. The lowest BCUT2D eigenvalue weighted by molar-refractivity contribution is -0.148. The second kappa shape index (κ2) is 10.4. The summed E-state index contributed by atoms with van der Waals surface area (Å²) >= 11 is 0. The maximum atomic E-state index is 12.1. The number of carbonyl (C=O) groups excluding carboxylic acids is 3. The van der Waals surface area contributed by atoms with Crippen LogP contribution in [0.15, 0.2) is 29.2 Å². The lowest BCUT2D eigenvalue weighted by Gasteiger charge is -2.08. The standard InChI is InChI=1S/C15H21N3O7S/c1-3-24-11-4-6-12(7-5-11)26(22,23)17-9-8-14(20)25-10-13(19)18-15(21)16-2/h4-7,17H,3,8-10H2,1-2H3,(H2,16,18,19,21). The highest BCUT2D eigenvalue weighted by Crippen LogP contribution is 2.15. The molecule has 1 aromatic carbocycles. The minimum atomic E-state index is -3.78. The maximum Gasteiger partial charge on any atom is 0.321 e. The Morgan fingerprint density at radius 3 is 2.35 bits per heavy atom. The predicted octanol–water partition coefficient (Wildman–Crippen LogP) is -0.247. The summed E-state index contributed by atoms with van der Waals surface area (Å²) < 4.78 is 36.3. The quantitative estimate of drug-likeness (QED) is 0.497. The van der Waals surface area contributed by atoms with Gasteiger partial charge < -0.3 is 14.8 Å². The first-order chi connectivity index (χ1) is 12.3. The second-order valence-electron chi connectivity index (χ2n) is 4.84. The van der Waals surface area contributed by atoms with E-state index in [1.807, 2.05) is 12.2 Å². The van der Waals surface area contributed by atoms with Crippen molar-refractivity contribution in [1.29, 1.82) is 0 Å². The number of rotatable bonds is 9. The monoisotopic (exact) mass is 387 g/mol. The Morgan fingerprint density at radius 2 is 1.77 bits per heavy atom. The van der Waals surface area contributed by atoms with Crippen LogP contribution in [-0.4, -0.2) is 53.1 Å². The Labute approximate surface area is 151 Å². The molecule has 0 fully saturated rings. The molecule has 0 bridgehead atoms. The van der Waals surface area contributed by atoms with Crippen molar-refractivity contribution in [2.75, 3.05) is 26.8 Å². The van der Waals surface area contributed by atoms with Crippen LogP contribution in [0.4, 0.5) is 4.79 Å². The van der Waals surface area contributed by atoms with Gasteiger partial charge >= 0.3 is 12.0 Å². The molecule has 1 rings (SSSR count). The van der Waals surface area contributed by atoms with Gasteiger partial charge in [-0.05, 0) is 31.2 Å². The van der Waals surface area contributed by atoms with E-state index < -0.39 is 34.5 Å². The minimum absolute atomic E-state index is 0.0271. The van der Waals surface area contributed by atoms with Crippen LogP contribution in [0.3, 0.4) is 0 Å². The lowest BCUT2D eigenvalue weighted by atomic mass is 10.3. The molecule has 0 aliphatic heterocycles. The molecule has 0 unspecified atom stereocenters. The summed E-state index contributed by atoms with van der Waals surface area (Å²) in [6.45, 7) is 1.43. The van der Waals surface area contributed by atoms with E-state index in [-0.39, 0.29) is 17.9 Å². The molecule has 144 valence electrons. The molecular formula is C15H21N3O7S. The molecule has 3 N–H and O–H groups in total. The van der Waals surface area contributed by atoms with Gasteiger partial charge in [-0.15, -0.1) is 0 Å². The van der Waals surface area contributed by atoms with E-state index in [9.17, 15) is 22.8 Å². The van der Waals surface area contributed by atoms with E-state index in [0.717, 1.165) is 0 Å². The predicted molar refractivity (Wildman–Crippen MR) is 91.0 cm³/mol. The van der Waals surface area contributed by atoms with Gasteiger partial charge in [0.05, 0.1) is 17.9 Å². The molecule has 11 heteroatoms. The molecule has 1 aromatic rings. The molecule has 0 aliphatic carbocycles. The first-order valence-electron chi connectivity index (χ1n) is 7.68. The van der Waals surface area contributed by atoms with Crippen LogP contribution in [0.2, 0.25) is 0 Å². The highest BCUT2D eigenvalue weighted by atomic mass is 32.2. The summed E-state index contributed by atoms with van der Waals surface area (Å²) in [6.07, 6.45) is -0.274. The molecule has 0 aromatic heterocycles. The molecule has 0 atom stereocenters. The number of esters is 1. The number of benzene rings is 1. The molecule has 3 amide bonds. The summed E-state index contributed by atoms with van der Waals surface area (Å²) in [5, 5.41) is 4.08. The van der Waals surface area contributed by atoms with Gasteiger partial charge in [-0.3, -0.25) is 14.9 Å². The van der Waals surface area contributed by atoms with Crippen LogP contribution in [0.5, 0.6) is 5.75 Å². The van der Waals surface area contributed by atoms with Gasteiger partial charge in [0.2, 0.25) is 10.0 Å². The Morgan fingerprint density at radius 1 is 1.12 bits per heavy atom. The first kappa shape index (κ1) is 21.4. The van der Waals surface area contributed by atoms with Crippen molar-refractivity contribution >= 4 is 27.9 Å². The third-order valence-electron chi connectivity index (χ3n) is 2.91. The van der Waals surface area contributed by atoms with Crippen LogP contribution in [0.1, 0.15) is 13.3 Å². The Hall–Kier alpha value is -2.66. The Balaban J connectivity index is 2.39. The smallest absolute Gasteiger partial charge is 0.321 e. The van der Waals surface area contributed by atoms with Crippen LogP contribution >= 0.6 is 0 Å². The fraction of sp³-hybridized carbons (Fsp3) is 0.400. The van der Waals surface area contributed by atoms with E-state index in [1.54, 1.807) is 0 Å². The van der Waals surface area contributed by atoms with Crippen molar-refractivity contribution in [2.45, 2.75) is 18.2 Å². The number of carbonyl (C=O) groups is 3. The highest BCUT2D eigenvalue weighted by molar-refractivity contribution is 7.89. The van der Waals surface area contributed by atoms with Crippen molar-refractivity contribution in [2.24, 2.45) is 0 Å². The Kier molecular flexibility index (Phi) is 8.52. The number of urea groups is 1. The third-order valence-corrected chi connectivity index (χ3v) is 4.39. The largest absolute Gasteiger partial charge is 0.494 e. The number of nitrogens with one attached hydrogen (secondary N) is 3. The average Bonchev–Trinajstić information content (AvgIpc) is 2.60. The van der Waals surface area contributed by atoms with Crippen LogP contribution in [-0.2, 0) is 24.3 Å². The number of hydrogen-bond acceptors (Lipinski definition) is 7. The zero-order valence-electron chi connectivity index (χ0n) is 14.4. The number of amides is 3. The molecule has 0 saturated heterocycles. The molecule has 0 aliphatic rings. The summed E-state index contributed by atoms with van der Waals surface area (Å²) in [4.78, 5) is 33.6. The van der Waals surface area contributed by atoms with Gasteiger partial charge in [0.25, 0.3) is 5.91 Å². The summed E-state index contributed by atoms with van der Waals surface area (Å²) in [5.41, 5.74) is 0. The number of imide groups is 1. The summed E-state index contributed by atoms with van der Waals surface area (Å²) in [7, 11) is -2.46. The van der Waals surface area contributed by atoms with Crippen molar-refractivity contribution in [3.8, 4) is 5.75 Å². The number of ether oxygens (including phenoxy) is 2. The fourth-order valence-electron chi connectivity index (χ4n) is 1.70. The molecular weight excluding hydrogens is 366 g/mol. The van der Waals surface area contributed by atoms with E-state index in [0.29, 0.717) is 12.4 Å². The minimum Gasteiger partial charge on any atom is -0.494 e. The van der Waals surface area contributed by atoms with Crippen LogP contribution in [0.25, 0.3) is 0 Å². The summed E-state index contributed by atoms with van der Waals surface area (Å²) in [6, 6.07) is 5.09. The summed E-state index contributed by atoms with van der Waals surface area (Å²) in [5.74, 6) is -1.04. The second-order valence-corrected chi connectivity index (χ2v) is 6.61. The van der Waals surface area contributed by atoms with E-state index in [1.165, 1.54) is 31.3 Å².